The topological polar surface area (TPSA) is 63.6 Å². The van der Waals surface area contributed by atoms with E-state index in [-0.39, 0.29) is 6.47 Å². The first-order valence-electron chi connectivity index (χ1n) is 3.05. The Bertz CT molecular complexity index is 185. The van der Waals surface area contributed by atoms with Crippen molar-refractivity contribution in [1.29, 1.82) is 0 Å². The molecule has 0 aromatic rings. The summed E-state index contributed by atoms with van der Waals surface area (Å²) in [7, 11) is 0. The van der Waals surface area contributed by atoms with Gasteiger partial charge in [0.2, 0.25) is 5.60 Å². The number of hydrogen-bond acceptors (Lipinski definition) is 3. The van der Waals surface area contributed by atoms with E-state index in [0.717, 1.165) is 0 Å². The fraction of sp³-hybridized carbons (Fsp3) is 0.429. The molecule has 4 heteroatoms. The number of aliphatic carboxylic acids is 1. The zero-order valence-corrected chi connectivity index (χ0v) is 6.40. The Labute approximate surface area is 64.5 Å². The highest BCUT2D eigenvalue weighted by atomic mass is 16.6. The van der Waals surface area contributed by atoms with Crippen molar-refractivity contribution in [3.63, 3.8) is 0 Å². The molecule has 0 aliphatic rings. The van der Waals surface area contributed by atoms with E-state index in [1.54, 1.807) is 6.92 Å². The normalized spacial score (nSPS) is 15.8. The summed E-state index contributed by atoms with van der Waals surface area (Å²) in [5.41, 5.74) is -1.53. The minimum atomic E-state index is -1.53. The Morgan fingerprint density at radius 1 is 1.64 bits per heavy atom. The summed E-state index contributed by atoms with van der Waals surface area (Å²) in [5.74, 6) is -1.19. The highest BCUT2D eigenvalue weighted by Crippen LogP contribution is 2.10. The largest absolute Gasteiger partial charge is 0.478 e. The average Bonchev–Trinajstić information content (AvgIpc) is 1.88. The molecule has 0 saturated carbocycles. The lowest BCUT2D eigenvalue weighted by molar-refractivity contribution is -0.162. The molecule has 0 spiro atoms. The van der Waals surface area contributed by atoms with Crippen LogP contribution in [0.15, 0.2) is 12.2 Å². The fourth-order valence-corrected chi connectivity index (χ4v) is 0.579. The van der Waals surface area contributed by atoms with Crippen LogP contribution in [-0.2, 0) is 14.3 Å². The van der Waals surface area contributed by atoms with Gasteiger partial charge in [0.25, 0.3) is 6.47 Å². The van der Waals surface area contributed by atoms with Crippen molar-refractivity contribution in [2.24, 2.45) is 0 Å². The molecule has 11 heavy (non-hydrogen) atoms. The summed E-state index contributed by atoms with van der Waals surface area (Å²) in [5, 5.41) is 8.56. The fourth-order valence-electron chi connectivity index (χ4n) is 0.579. The van der Waals surface area contributed by atoms with Crippen molar-refractivity contribution in [1.82, 2.24) is 0 Å². The number of carbonyl (C=O) groups excluding carboxylic acids is 1. The zero-order valence-electron chi connectivity index (χ0n) is 6.40. The van der Waals surface area contributed by atoms with Crippen LogP contribution in [0.2, 0.25) is 0 Å². The standard InChI is InChI=1S/C7H10O4/c1-3-4-7(2,6(9)10)11-5-8/h3-5H,1-2H3,(H,9,10). The lowest BCUT2D eigenvalue weighted by atomic mass is 10.1. The first-order valence-corrected chi connectivity index (χ1v) is 3.05. The number of carbonyl (C=O) groups is 2. The van der Waals surface area contributed by atoms with Crippen LogP contribution >= 0.6 is 0 Å². The monoisotopic (exact) mass is 158 g/mol. The average molecular weight is 158 g/mol. The predicted molar refractivity (Wildman–Crippen MR) is 38.0 cm³/mol. The second kappa shape index (κ2) is 3.75. The molecule has 0 saturated heterocycles. The molecule has 0 amide bonds. The Hall–Kier alpha value is -1.32. The van der Waals surface area contributed by atoms with Crippen LogP contribution in [0.3, 0.4) is 0 Å². The number of carboxylic acids is 1. The molecule has 62 valence electrons. The highest BCUT2D eigenvalue weighted by Gasteiger charge is 2.31. The molecule has 1 atom stereocenters. The van der Waals surface area contributed by atoms with Gasteiger partial charge in [-0.3, -0.25) is 4.79 Å². The third-order valence-electron chi connectivity index (χ3n) is 1.20. The van der Waals surface area contributed by atoms with Crippen molar-refractivity contribution in [2.75, 3.05) is 0 Å². The van der Waals surface area contributed by atoms with Crippen molar-refractivity contribution in [3.05, 3.63) is 12.2 Å². The van der Waals surface area contributed by atoms with Crippen LogP contribution in [0, 0.1) is 0 Å². The van der Waals surface area contributed by atoms with Gasteiger partial charge in [0, 0.05) is 0 Å². The summed E-state index contributed by atoms with van der Waals surface area (Å²) < 4.78 is 4.36. The molecule has 4 nitrogen and oxygen atoms in total. The highest BCUT2D eigenvalue weighted by molar-refractivity contribution is 5.80. The van der Waals surface area contributed by atoms with E-state index in [4.69, 9.17) is 5.11 Å². The molecule has 0 aromatic carbocycles. The third kappa shape index (κ3) is 2.41. The molecule has 0 aromatic heterocycles. The number of rotatable bonds is 4. The molecule has 0 radical (unpaired) electrons. The Morgan fingerprint density at radius 3 is 2.45 bits per heavy atom. The summed E-state index contributed by atoms with van der Waals surface area (Å²) in [6.07, 6.45) is 2.81. The molecule has 0 bridgehead atoms. The third-order valence-corrected chi connectivity index (χ3v) is 1.20. The Kier molecular flexibility index (Phi) is 3.30. The molecule has 0 rings (SSSR count). The van der Waals surface area contributed by atoms with Crippen LogP contribution in [0.5, 0.6) is 0 Å². The van der Waals surface area contributed by atoms with Crippen LogP contribution in [0.25, 0.3) is 0 Å². The minimum absolute atomic E-state index is 0.119. The van der Waals surface area contributed by atoms with E-state index in [9.17, 15) is 9.59 Å². The molecule has 0 aliphatic carbocycles. The molecule has 0 fully saturated rings. The van der Waals surface area contributed by atoms with Gasteiger partial charge in [-0.1, -0.05) is 6.08 Å². The van der Waals surface area contributed by atoms with E-state index >= 15 is 0 Å². The van der Waals surface area contributed by atoms with Crippen LogP contribution in [0.1, 0.15) is 13.8 Å². The van der Waals surface area contributed by atoms with Gasteiger partial charge >= 0.3 is 5.97 Å². The molecular weight excluding hydrogens is 148 g/mol. The zero-order chi connectivity index (χ0) is 8.91. The Morgan fingerprint density at radius 2 is 2.18 bits per heavy atom. The lowest BCUT2D eigenvalue weighted by Crippen LogP contribution is -2.35. The molecule has 0 aliphatic heterocycles. The maximum Gasteiger partial charge on any atom is 0.352 e. The summed E-state index contributed by atoms with van der Waals surface area (Å²) >= 11 is 0. The predicted octanol–water partition coefficient (Wildman–Crippen LogP) is 0.579. The van der Waals surface area contributed by atoms with Gasteiger partial charge in [0.15, 0.2) is 0 Å². The quantitative estimate of drug-likeness (QED) is 0.480. The number of carboxylic acid groups (broad SMARTS) is 1. The van der Waals surface area contributed by atoms with E-state index in [1.807, 2.05) is 0 Å². The number of ether oxygens (including phenoxy) is 1. The van der Waals surface area contributed by atoms with Crippen molar-refractivity contribution in [3.8, 4) is 0 Å². The maximum absolute atomic E-state index is 10.5. The lowest BCUT2D eigenvalue weighted by Gasteiger charge is -2.17. The van der Waals surface area contributed by atoms with Crippen molar-refractivity contribution < 1.29 is 19.4 Å². The first kappa shape index (κ1) is 9.68. The van der Waals surface area contributed by atoms with Gasteiger partial charge in [-0.2, -0.15) is 0 Å². The molecule has 0 heterocycles. The van der Waals surface area contributed by atoms with Gasteiger partial charge < -0.3 is 9.84 Å². The maximum atomic E-state index is 10.5. The van der Waals surface area contributed by atoms with Crippen LogP contribution in [-0.4, -0.2) is 23.1 Å². The first-order chi connectivity index (χ1) is 5.06. The van der Waals surface area contributed by atoms with E-state index in [2.05, 4.69) is 4.74 Å². The van der Waals surface area contributed by atoms with Gasteiger partial charge in [0.1, 0.15) is 0 Å². The van der Waals surface area contributed by atoms with Crippen LogP contribution < -0.4 is 0 Å². The van der Waals surface area contributed by atoms with Gasteiger partial charge in [-0.15, -0.1) is 0 Å². The van der Waals surface area contributed by atoms with Crippen molar-refractivity contribution >= 4 is 12.4 Å². The van der Waals surface area contributed by atoms with Gasteiger partial charge in [0.05, 0.1) is 0 Å². The summed E-state index contributed by atoms with van der Waals surface area (Å²) in [6, 6.07) is 0. The molecule has 1 unspecified atom stereocenters. The number of hydrogen-bond donors (Lipinski definition) is 1. The SMILES string of the molecule is CC=CC(C)(OC=O)C(=O)O. The van der Waals surface area contributed by atoms with E-state index in [0.29, 0.717) is 0 Å². The Balaban J connectivity index is 4.50. The van der Waals surface area contributed by atoms with Crippen LogP contribution in [0.4, 0.5) is 0 Å². The molecular formula is C7H10O4. The second-order valence-corrected chi connectivity index (χ2v) is 2.13. The van der Waals surface area contributed by atoms with E-state index < -0.39 is 11.6 Å². The smallest absolute Gasteiger partial charge is 0.352 e. The van der Waals surface area contributed by atoms with Crippen molar-refractivity contribution in [2.45, 2.75) is 19.4 Å². The number of allylic oxidation sites excluding steroid dienone is 1. The molecule has 1 N–H and O–H groups in total. The summed E-state index contributed by atoms with van der Waals surface area (Å²) in [6.45, 7) is 3.06. The second-order valence-electron chi connectivity index (χ2n) is 2.13. The minimum Gasteiger partial charge on any atom is -0.478 e. The summed E-state index contributed by atoms with van der Waals surface area (Å²) in [4.78, 5) is 20.3. The van der Waals surface area contributed by atoms with E-state index in [1.165, 1.54) is 19.1 Å². The van der Waals surface area contributed by atoms with Gasteiger partial charge in [-0.05, 0) is 19.9 Å². The van der Waals surface area contributed by atoms with Gasteiger partial charge in [-0.25, -0.2) is 4.79 Å².